The lowest BCUT2D eigenvalue weighted by molar-refractivity contribution is -0.0969. The fourth-order valence-corrected chi connectivity index (χ4v) is 2.86. The van der Waals surface area contributed by atoms with Crippen molar-refractivity contribution >= 4 is 23.5 Å². The molecule has 2 rings (SSSR count). The van der Waals surface area contributed by atoms with E-state index in [0.717, 1.165) is 0 Å². The van der Waals surface area contributed by atoms with E-state index >= 15 is 0 Å². The van der Waals surface area contributed by atoms with E-state index in [1.165, 1.54) is 6.20 Å². The Labute approximate surface area is 169 Å². The summed E-state index contributed by atoms with van der Waals surface area (Å²) in [5.74, 6) is 6.30. The minimum absolute atomic E-state index is 0.0626. The van der Waals surface area contributed by atoms with Gasteiger partial charge in [-0.2, -0.15) is 4.98 Å². The average Bonchev–Trinajstić information content (AvgIpc) is 2.67. The van der Waals surface area contributed by atoms with Crippen LogP contribution in [0.15, 0.2) is 6.20 Å². The number of aromatic nitrogens is 2. The summed E-state index contributed by atoms with van der Waals surface area (Å²) in [4.78, 5) is 19.2. The predicted molar refractivity (Wildman–Crippen MR) is 103 cm³/mol. The highest BCUT2D eigenvalue weighted by Crippen LogP contribution is 2.27. The van der Waals surface area contributed by atoms with Crippen molar-refractivity contribution in [2.45, 2.75) is 38.5 Å². The van der Waals surface area contributed by atoms with Crippen LogP contribution in [0.25, 0.3) is 0 Å². The third-order valence-electron chi connectivity index (χ3n) is 4.13. The Morgan fingerprint density at radius 2 is 2.07 bits per heavy atom. The molecule has 1 fully saturated rings. The Morgan fingerprint density at radius 1 is 1.39 bits per heavy atom. The summed E-state index contributed by atoms with van der Waals surface area (Å²) < 4.78 is 16.3. The average molecular weight is 413 g/mol. The number of hydrogen-bond acceptors (Lipinski definition) is 7. The molecule has 154 valence electrons. The second-order valence-corrected chi connectivity index (χ2v) is 6.43. The van der Waals surface area contributed by atoms with Crippen LogP contribution in [0.5, 0.6) is 0 Å². The summed E-state index contributed by atoms with van der Waals surface area (Å²) in [6.45, 7) is 5.85. The molecule has 0 aliphatic carbocycles. The van der Waals surface area contributed by atoms with Crippen LogP contribution in [0, 0.1) is 11.8 Å². The maximum atomic E-state index is 11.0. The monoisotopic (exact) mass is 412 g/mol. The largest absolute Gasteiger partial charge is 0.465 e. The van der Waals surface area contributed by atoms with Crippen molar-refractivity contribution in [2.24, 2.45) is 0 Å². The molecule has 1 aliphatic rings. The Balaban J connectivity index is 2.28. The standard InChI is InChI=1S/C18H25ClN4O5/c1-3-27-14(28-4-2)6-5-13-11-20-16(19)22-15(13)23-18(12-21-17(24)25)7-9-26-10-8-18/h11,14,21H,3-4,7-10,12H2,1-2H3,(H,24,25)(H,20,22,23). The number of carboxylic acid groups (broad SMARTS) is 1. The number of nitrogens with zero attached hydrogens (tertiary/aromatic N) is 2. The summed E-state index contributed by atoms with van der Waals surface area (Å²) in [6.07, 6.45) is 0.955. The van der Waals surface area contributed by atoms with Crippen molar-refractivity contribution in [1.82, 2.24) is 15.3 Å². The molecular weight excluding hydrogens is 388 g/mol. The van der Waals surface area contributed by atoms with Gasteiger partial charge in [-0.05, 0) is 44.2 Å². The molecule has 1 aliphatic heterocycles. The van der Waals surface area contributed by atoms with Crippen LogP contribution in [0.3, 0.4) is 0 Å². The van der Waals surface area contributed by atoms with Gasteiger partial charge in [0.05, 0.1) is 11.1 Å². The van der Waals surface area contributed by atoms with Crippen molar-refractivity contribution in [1.29, 1.82) is 0 Å². The molecule has 0 atom stereocenters. The van der Waals surface area contributed by atoms with Crippen LogP contribution in [-0.2, 0) is 14.2 Å². The topological polar surface area (TPSA) is 115 Å². The number of hydrogen-bond donors (Lipinski definition) is 3. The molecule has 2 heterocycles. The Morgan fingerprint density at radius 3 is 2.68 bits per heavy atom. The number of halogens is 1. The van der Waals surface area contributed by atoms with Crippen LogP contribution in [0.2, 0.25) is 5.28 Å². The van der Waals surface area contributed by atoms with Gasteiger partial charge in [-0.15, -0.1) is 0 Å². The molecule has 0 aromatic carbocycles. The third kappa shape index (κ3) is 6.80. The highest BCUT2D eigenvalue weighted by atomic mass is 35.5. The van der Waals surface area contributed by atoms with Crippen molar-refractivity contribution in [2.75, 3.05) is 38.3 Å². The van der Waals surface area contributed by atoms with Crippen LogP contribution >= 0.6 is 11.6 Å². The summed E-state index contributed by atoms with van der Waals surface area (Å²) in [5, 5.41) is 14.8. The highest BCUT2D eigenvalue weighted by Gasteiger charge is 2.34. The van der Waals surface area contributed by atoms with Gasteiger partial charge >= 0.3 is 6.09 Å². The first kappa shape index (κ1) is 22.2. The number of amides is 1. The molecule has 28 heavy (non-hydrogen) atoms. The van der Waals surface area contributed by atoms with Crippen molar-refractivity contribution < 1.29 is 24.1 Å². The lowest BCUT2D eigenvalue weighted by Crippen LogP contribution is -2.52. The molecule has 1 saturated heterocycles. The molecule has 0 saturated carbocycles. The summed E-state index contributed by atoms with van der Waals surface area (Å²) in [6, 6.07) is 0. The van der Waals surface area contributed by atoms with E-state index in [2.05, 4.69) is 32.4 Å². The second kappa shape index (κ2) is 11.0. The van der Waals surface area contributed by atoms with Gasteiger partial charge in [0.1, 0.15) is 5.82 Å². The van der Waals surface area contributed by atoms with E-state index in [9.17, 15) is 4.79 Å². The number of rotatable bonds is 8. The molecule has 1 aromatic rings. The second-order valence-electron chi connectivity index (χ2n) is 6.09. The van der Waals surface area contributed by atoms with E-state index in [1.807, 2.05) is 13.8 Å². The van der Waals surface area contributed by atoms with E-state index in [-0.39, 0.29) is 11.8 Å². The van der Waals surface area contributed by atoms with E-state index in [0.29, 0.717) is 50.7 Å². The Hall–Kier alpha value is -2.12. The molecule has 0 radical (unpaired) electrons. The minimum Gasteiger partial charge on any atom is -0.465 e. The Bertz CT molecular complexity index is 710. The third-order valence-corrected chi connectivity index (χ3v) is 4.31. The van der Waals surface area contributed by atoms with E-state index in [4.69, 9.17) is 30.9 Å². The SMILES string of the molecule is CCOC(C#Cc1cnc(Cl)nc1NC1(CNC(=O)O)CCOCC1)OCC. The number of anilines is 1. The van der Waals surface area contributed by atoms with Gasteiger partial charge in [-0.25, -0.2) is 9.78 Å². The van der Waals surface area contributed by atoms with Gasteiger partial charge in [0, 0.05) is 39.2 Å². The lowest BCUT2D eigenvalue weighted by Gasteiger charge is -2.38. The summed E-state index contributed by atoms with van der Waals surface area (Å²) in [7, 11) is 0. The van der Waals surface area contributed by atoms with E-state index < -0.39 is 17.9 Å². The highest BCUT2D eigenvalue weighted by molar-refractivity contribution is 6.28. The van der Waals surface area contributed by atoms with Gasteiger partial charge in [0.15, 0.2) is 0 Å². The van der Waals surface area contributed by atoms with Gasteiger partial charge in [-0.1, -0.05) is 5.92 Å². The quantitative estimate of drug-likeness (QED) is 0.338. The van der Waals surface area contributed by atoms with Crippen LogP contribution in [0.1, 0.15) is 32.3 Å². The zero-order valence-electron chi connectivity index (χ0n) is 16.0. The normalized spacial score (nSPS) is 15.6. The van der Waals surface area contributed by atoms with E-state index in [1.54, 1.807) is 0 Å². The van der Waals surface area contributed by atoms with Crippen LogP contribution in [0.4, 0.5) is 10.6 Å². The summed E-state index contributed by atoms with van der Waals surface area (Å²) in [5.41, 5.74) is -0.0562. The maximum absolute atomic E-state index is 11.0. The zero-order chi connectivity index (χ0) is 20.4. The molecule has 0 bridgehead atoms. The van der Waals surface area contributed by atoms with Gasteiger partial charge in [0.25, 0.3) is 0 Å². The first-order valence-electron chi connectivity index (χ1n) is 9.08. The first-order chi connectivity index (χ1) is 13.5. The fourth-order valence-electron chi connectivity index (χ4n) is 2.72. The lowest BCUT2D eigenvalue weighted by atomic mass is 9.89. The van der Waals surface area contributed by atoms with Crippen molar-refractivity contribution in [3.63, 3.8) is 0 Å². The number of ether oxygens (including phenoxy) is 3. The Kier molecular flexibility index (Phi) is 8.73. The molecule has 3 N–H and O–H groups in total. The molecule has 1 aromatic heterocycles. The fraction of sp³-hybridized carbons (Fsp3) is 0.611. The van der Waals surface area contributed by atoms with Gasteiger partial charge in [0.2, 0.25) is 11.6 Å². The molecule has 10 heteroatoms. The smallest absolute Gasteiger partial charge is 0.404 e. The number of nitrogens with one attached hydrogen (secondary N) is 2. The predicted octanol–water partition coefficient (Wildman–Crippen LogP) is 2.11. The van der Waals surface area contributed by atoms with Gasteiger partial charge < -0.3 is 30.0 Å². The molecule has 0 unspecified atom stereocenters. The van der Waals surface area contributed by atoms with Crippen LogP contribution in [-0.4, -0.2) is 66.0 Å². The molecule has 0 spiro atoms. The van der Waals surface area contributed by atoms with Crippen LogP contribution < -0.4 is 10.6 Å². The minimum atomic E-state index is -1.09. The maximum Gasteiger partial charge on any atom is 0.404 e. The summed E-state index contributed by atoms with van der Waals surface area (Å²) >= 11 is 5.98. The first-order valence-corrected chi connectivity index (χ1v) is 9.46. The van der Waals surface area contributed by atoms with Crippen molar-refractivity contribution in [3.05, 3.63) is 17.0 Å². The zero-order valence-corrected chi connectivity index (χ0v) is 16.7. The number of carbonyl (C=O) groups is 1. The van der Waals surface area contributed by atoms with Crippen molar-refractivity contribution in [3.8, 4) is 11.8 Å². The van der Waals surface area contributed by atoms with Gasteiger partial charge in [-0.3, -0.25) is 0 Å². The molecular formula is C18H25ClN4O5. The molecule has 9 nitrogen and oxygen atoms in total. The molecule has 1 amide bonds.